The van der Waals surface area contributed by atoms with Crippen molar-refractivity contribution in [3.63, 3.8) is 0 Å². The number of aromatic nitrogens is 2. The average molecular weight is 475 g/mol. The molecule has 1 aromatic heterocycles. The summed E-state index contributed by atoms with van der Waals surface area (Å²) in [6.45, 7) is 1.71. The second kappa shape index (κ2) is 9.26. The van der Waals surface area contributed by atoms with Crippen molar-refractivity contribution in [2.45, 2.75) is 44.3 Å². The molecule has 1 aliphatic carbocycles. The van der Waals surface area contributed by atoms with Crippen LogP contribution in [0.5, 0.6) is 0 Å². The number of benzene rings is 1. The largest absolute Gasteiger partial charge is 0.436 e. The molecule has 3 rings (SSSR count). The van der Waals surface area contributed by atoms with Gasteiger partial charge in [-0.3, -0.25) is 4.68 Å². The number of thiocarbonyl (C=S) groups is 1. The van der Waals surface area contributed by atoms with Crippen LogP contribution >= 0.6 is 28.1 Å². The molecular formula is C19H22BrF3N4S. The molecule has 1 aromatic carbocycles. The summed E-state index contributed by atoms with van der Waals surface area (Å²) in [5.74, 6) is 0.173. The van der Waals surface area contributed by atoms with Gasteiger partial charge in [-0.2, -0.15) is 18.3 Å². The monoisotopic (exact) mass is 474 g/mol. The third-order valence-corrected chi connectivity index (χ3v) is 5.61. The lowest BCUT2D eigenvalue weighted by Crippen LogP contribution is -2.37. The predicted molar refractivity (Wildman–Crippen MR) is 110 cm³/mol. The van der Waals surface area contributed by atoms with Crippen LogP contribution in [0.3, 0.4) is 0 Å². The van der Waals surface area contributed by atoms with Gasteiger partial charge in [0.15, 0.2) is 10.8 Å². The zero-order valence-corrected chi connectivity index (χ0v) is 17.6. The molecule has 0 spiro atoms. The van der Waals surface area contributed by atoms with Crippen LogP contribution in [-0.2, 0) is 19.1 Å². The number of nitrogens with one attached hydrogen (secondary N) is 2. The van der Waals surface area contributed by atoms with E-state index < -0.39 is 11.9 Å². The molecular weight excluding hydrogens is 453 g/mol. The minimum atomic E-state index is -4.45. The fourth-order valence-electron chi connectivity index (χ4n) is 3.01. The topological polar surface area (TPSA) is 41.9 Å². The van der Waals surface area contributed by atoms with Crippen LogP contribution < -0.4 is 10.6 Å². The summed E-state index contributed by atoms with van der Waals surface area (Å²) in [6, 6.07) is 10.1. The highest BCUT2D eigenvalue weighted by Gasteiger charge is 2.41. The fraction of sp³-hybridized carbons (Fsp3) is 0.474. The molecule has 2 aromatic rings. The van der Waals surface area contributed by atoms with Crippen molar-refractivity contribution in [3.8, 4) is 0 Å². The van der Waals surface area contributed by atoms with Crippen molar-refractivity contribution in [3.05, 3.63) is 51.8 Å². The van der Waals surface area contributed by atoms with Crippen molar-refractivity contribution in [2.24, 2.45) is 0 Å². The maximum atomic E-state index is 13.1. The molecule has 1 heterocycles. The normalized spacial score (nSPS) is 14.1. The van der Waals surface area contributed by atoms with Gasteiger partial charge in [-0.15, -0.1) is 0 Å². The number of nitrogens with zero attached hydrogens (tertiary/aromatic N) is 2. The zero-order valence-electron chi connectivity index (χ0n) is 15.2. The molecule has 0 radical (unpaired) electrons. The maximum absolute atomic E-state index is 13.1. The Kier molecular flexibility index (Phi) is 6.98. The molecule has 0 amide bonds. The first-order valence-corrected chi connectivity index (χ1v) is 10.5. The van der Waals surface area contributed by atoms with Crippen molar-refractivity contribution in [1.82, 2.24) is 20.4 Å². The third-order valence-electron chi connectivity index (χ3n) is 4.54. The van der Waals surface area contributed by atoms with Gasteiger partial charge < -0.3 is 10.6 Å². The van der Waals surface area contributed by atoms with E-state index in [1.165, 1.54) is 10.2 Å². The average Bonchev–Trinajstić information content (AvgIpc) is 3.42. The molecule has 1 fully saturated rings. The van der Waals surface area contributed by atoms with Gasteiger partial charge in [0.2, 0.25) is 0 Å². The molecule has 28 heavy (non-hydrogen) atoms. The second-order valence-electron chi connectivity index (χ2n) is 6.81. The molecule has 0 atom stereocenters. The number of hydrogen-bond acceptors (Lipinski definition) is 2. The lowest BCUT2D eigenvalue weighted by atomic mass is 10.1. The van der Waals surface area contributed by atoms with Gasteiger partial charge in [0, 0.05) is 25.6 Å². The Morgan fingerprint density at radius 3 is 2.50 bits per heavy atom. The summed E-state index contributed by atoms with van der Waals surface area (Å²) in [5.41, 5.74) is 1.06. The smallest absolute Gasteiger partial charge is 0.363 e. The Morgan fingerprint density at radius 2 is 1.86 bits per heavy atom. The Balaban J connectivity index is 1.43. The van der Waals surface area contributed by atoms with Crippen molar-refractivity contribution in [1.29, 1.82) is 0 Å². The number of halogens is 4. The Labute approximate surface area is 176 Å². The van der Waals surface area contributed by atoms with E-state index in [1.54, 1.807) is 0 Å². The lowest BCUT2D eigenvalue weighted by molar-refractivity contribution is -0.142. The third kappa shape index (κ3) is 5.70. The molecule has 0 saturated heterocycles. The van der Waals surface area contributed by atoms with Crippen molar-refractivity contribution >= 4 is 33.3 Å². The molecule has 1 saturated carbocycles. The highest BCUT2D eigenvalue weighted by Crippen LogP contribution is 2.46. The molecule has 0 bridgehead atoms. The Hall–Kier alpha value is -1.61. The first-order chi connectivity index (χ1) is 13.4. The van der Waals surface area contributed by atoms with Gasteiger partial charge >= 0.3 is 6.18 Å². The van der Waals surface area contributed by atoms with Gasteiger partial charge in [0.1, 0.15) is 0 Å². The van der Waals surface area contributed by atoms with Crippen LogP contribution in [-0.4, -0.2) is 28.0 Å². The quantitative estimate of drug-likeness (QED) is 0.432. The van der Waals surface area contributed by atoms with Crippen LogP contribution in [0, 0.1) is 0 Å². The van der Waals surface area contributed by atoms with Crippen LogP contribution in [0.25, 0.3) is 0 Å². The maximum Gasteiger partial charge on any atom is 0.436 e. The lowest BCUT2D eigenvalue weighted by Gasteiger charge is -2.11. The zero-order chi connectivity index (χ0) is 20.1. The summed E-state index contributed by atoms with van der Waals surface area (Å²) < 4.78 is 40.9. The molecule has 1 aliphatic rings. The van der Waals surface area contributed by atoms with E-state index in [9.17, 15) is 13.2 Å². The molecule has 0 unspecified atom stereocenters. The van der Waals surface area contributed by atoms with Gasteiger partial charge in [0.25, 0.3) is 0 Å². The number of aryl methyl sites for hydroxylation is 1. The van der Waals surface area contributed by atoms with E-state index in [1.807, 2.05) is 18.2 Å². The van der Waals surface area contributed by atoms with Crippen LogP contribution in [0.4, 0.5) is 13.2 Å². The van der Waals surface area contributed by atoms with E-state index in [-0.39, 0.29) is 10.4 Å². The molecule has 4 nitrogen and oxygen atoms in total. The standard InChI is InChI=1S/C19H22BrF3N4S/c20-15-16(14-7-8-14)27(26-17(15)19(21,22)23)12-4-10-24-18(28)25-11-9-13-5-2-1-3-6-13/h1-3,5-6,14H,4,7-12H2,(H2,24,25,28). The molecule has 0 aliphatic heterocycles. The molecule has 152 valence electrons. The number of hydrogen-bond donors (Lipinski definition) is 2. The first kappa shape index (κ1) is 21.1. The van der Waals surface area contributed by atoms with E-state index in [4.69, 9.17) is 12.2 Å². The van der Waals surface area contributed by atoms with Gasteiger partial charge in [-0.1, -0.05) is 30.3 Å². The highest BCUT2D eigenvalue weighted by atomic mass is 79.9. The predicted octanol–water partition coefficient (Wildman–Crippen LogP) is 4.64. The van der Waals surface area contributed by atoms with E-state index in [0.717, 1.165) is 25.8 Å². The van der Waals surface area contributed by atoms with E-state index in [2.05, 4.69) is 43.8 Å². The highest BCUT2D eigenvalue weighted by molar-refractivity contribution is 9.10. The van der Waals surface area contributed by atoms with Crippen LogP contribution in [0.15, 0.2) is 34.8 Å². The van der Waals surface area contributed by atoms with Gasteiger partial charge in [0.05, 0.1) is 10.2 Å². The Morgan fingerprint density at radius 1 is 1.18 bits per heavy atom. The molecule has 2 N–H and O–H groups in total. The summed E-state index contributed by atoms with van der Waals surface area (Å²) in [6.07, 6.45) is -1.12. The minimum absolute atomic E-state index is 0.0913. The summed E-state index contributed by atoms with van der Waals surface area (Å²) in [4.78, 5) is 0. The van der Waals surface area contributed by atoms with Crippen molar-refractivity contribution < 1.29 is 13.2 Å². The summed E-state index contributed by atoms with van der Waals surface area (Å²) >= 11 is 8.36. The van der Waals surface area contributed by atoms with Gasteiger partial charge in [-0.25, -0.2) is 0 Å². The summed E-state index contributed by atoms with van der Waals surface area (Å²) in [5, 5.41) is 10.6. The second-order valence-corrected chi connectivity index (χ2v) is 8.02. The SMILES string of the molecule is FC(F)(F)c1nn(CCCNC(=S)NCCc2ccccc2)c(C2CC2)c1Br. The van der Waals surface area contributed by atoms with Crippen LogP contribution in [0.2, 0.25) is 0 Å². The Bertz CT molecular complexity index is 804. The molecule has 9 heteroatoms. The van der Waals surface area contributed by atoms with Gasteiger partial charge in [-0.05, 0) is 59.4 Å². The van der Waals surface area contributed by atoms with E-state index >= 15 is 0 Å². The number of alkyl halides is 3. The number of rotatable bonds is 8. The first-order valence-electron chi connectivity index (χ1n) is 9.25. The fourth-order valence-corrected chi connectivity index (χ4v) is 4.05. The summed E-state index contributed by atoms with van der Waals surface area (Å²) in [7, 11) is 0. The van der Waals surface area contributed by atoms with E-state index in [0.29, 0.717) is 30.3 Å². The minimum Gasteiger partial charge on any atom is -0.363 e. The van der Waals surface area contributed by atoms with Crippen LogP contribution in [0.1, 0.15) is 42.1 Å². The van der Waals surface area contributed by atoms with Crippen molar-refractivity contribution in [2.75, 3.05) is 13.1 Å².